The van der Waals surface area contributed by atoms with E-state index in [0.717, 1.165) is 29.0 Å². The van der Waals surface area contributed by atoms with Gasteiger partial charge < -0.3 is 19.5 Å². The molecule has 1 N–H and O–H groups in total. The van der Waals surface area contributed by atoms with Crippen LogP contribution in [0.25, 0.3) is 0 Å². The molecule has 2 aromatic rings. The lowest BCUT2D eigenvalue weighted by atomic mass is 10.0. The van der Waals surface area contributed by atoms with Crippen molar-refractivity contribution in [3.8, 4) is 11.5 Å². The number of ether oxygens (including phenoxy) is 2. The SMILES string of the molecule is COc1cccc(Cc2ccccc2OCC(O)CN(C)C)c1. The quantitative estimate of drug-likeness (QED) is 0.813. The van der Waals surface area contributed by atoms with Gasteiger partial charge in [-0.15, -0.1) is 0 Å². The molecule has 4 heteroatoms. The van der Waals surface area contributed by atoms with Gasteiger partial charge in [-0.25, -0.2) is 0 Å². The van der Waals surface area contributed by atoms with E-state index in [4.69, 9.17) is 9.47 Å². The summed E-state index contributed by atoms with van der Waals surface area (Å²) in [6, 6.07) is 16.0. The minimum absolute atomic E-state index is 0.285. The number of hydrogen-bond acceptors (Lipinski definition) is 4. The number of methoxy groups -OCH3 is 1. The third kappa shape index (κ3) is 5.58. The zero-order valence-corrected chi connectivity index (χ0v) is 14.0. The first-order valence-corrected chi connectivity index (χ1v) is 7.75. The maximum absolute atomic E-state index is 9.95. The van der Waals surface area contributed by atoms with Crippen molar-refractivity contribution in [2.45, 2.75) is 12.5 Å². The van der Waals surface area contributed by atoms with Crippen molar-refractivity contribution in [3.63, 3.8) is 0 Å². The lowest BCUT2D eigenvalue weighted by molar-refractivity contribution is 0.0827. The molecule has 0 saturated heterocycles. The van der Waals surface area contributed by atoms with E-state index in [2.05, 4.69) is 6.07 Å². The summed E-state index contributed by atoms with van der Waals surface area (Å²) in [7, 11) is 5.53. The van der Waals surface area contributed by atoms with Crippen LogP contribution in [0.15, 0.2) is 48.5 Å². The van der Waals surface area contributed by atoms with E-state index in [9.17, 15) is 5.11 Å². The monoisotopic (exact) mass is 315 g/mol. The van der Waals surface area contributed by atoms with Gasteiger partial charge in [0.1, 0.15) is 24.2 Å². The number of para-hydroxylation sites is 1. The summed E-state index contributed by atoms with van der Waals surface area (Å²) >= 11 is 0. The number of nitrogens with zero attached hydrogens (tertiary/aromatic N) is 1. The van der Waals surface area contributed by atoms with E-state index in [-0.39, 0.29) is 6.61 Å². The Hall–Kier alpha value is -2.04. The predicted molar refractivity (Wildman–Crippen MR) is 92.3 cm³/mol. The molecule has 0 heterocycles. The zero-order valence-electron chi connectivity index (χ0n) is 14.0. The standard InChI is InChI=1S/C19H25NO3/c1-20(2)13-17(21)14-23-19-10-5-4-8-16(19)11-15-7-6-9-18(12-15)22-3/h4-10,12,17,21H,11,13-14H2,1-3H3. The van der Waals surface area contributed by atoms with Crippen LogP contribution in [0.4, 0.5) is 0 Å². The van der Waals surface area contributed by atoms with Gasteiger partial charge in [0, 0.05) is 13.0 Å². The summed E-state index contributed by atoms with van der Waals surface area (Å²) in [6.07, 6.45) is 0.256. The molecule has 0 aliphatic carbocycles. The zero-order chi connectivity index (χ0) is 16.7. The molecular weight excluding hydrogens is 290 g/mol. The van der Waals surface area contributed by atoms with Crippen LogP contribution in [0.1, 0.15) is 11.1 Å². The summed E-state index contributed by atoms with van der Waals surface area (Å²) in [6.45, 7) is 0.866. The van der Waals surface area contributed by atoms with Gasteiger partial charge in [0.2, 0.25) is 0 Å². The molecule has 0 bridgehead atoms. The van der Waals surface area contributed by atoms with E-state index < -0.39 is 6.10 Å². The highest BCUT2D eigenvalue weighted by Crippen LogP contribution is 2.23. The first kappa shape index (κ1) is 17.3. The Morgan fingerprint density at radius 2 is 1.87 bits per heavy atom. The molecule has 23 heavy (non-hydrogen) atoms. The first-order valence-electron chi connectivity index (χ1n) is 7.75. The Morgan fingerprint density at radius 3 is 2.61 bits per heavy atom. The van der Waals surface area contributed by atoms with E-state index >= 15 is 0 Å². The normalized spacial score (nSPS) is 12.2. The molecule has 0 spiro atoms. The Morgan fingerprint density at radius 1 is 1.09 bits per heavy atom. The fourth-order valence-corrected chi connectivity index (χ4v) is 2.45. The third-order valence-electron chi connectivity index (χ3n) is 3.51. The highest BCUT2D eigenvalue weighted by Gasteiger charge is 2.09. The second-order valence-electron chi connectivity index (χ2n) is 5.86. The minimum Gasteiger partial charge on any atom is -0.497 e. The molecule has 2 rings (SSSR count). The summed E-state index contributed by atoms with van der Waals surface area (Å²) in [4.78, 5) is 1.94. The average molecular weight is 315 g/mol. The van der Waals surface area contributed by atoms with Crippen molar-refractivity contribution in [2.75, 3.05) is 34.4 Å². The van der Waals surface area contributed by atoms with Gasteiger partial charge in [-0.1, -0.05) is 30.3 Å². The van der Waals surface area contributed by atoms with E-state index in [1.807, 2.05) is 61.5 Å². The van der Waals surface area contributed by atoms with Crippen LogP contribution in [-0.4, -0.2) is 50.5 Å². The summed E-state index contributed by atoms with van der Waals surface area (Å²) in [5.74, 6) is 1.66. The third-order valence-corrected chi connectivity index (χ3v) is 3.51. The number of hydrogen-bond donors (Lipinski definition) is 1. The molecule has 0 fully saturated rings. The van der Waals surface area contributed by atoms with Gasteiger partial charge in [0.15, 0.2) is 0 Å². The highest BCUT2D eigenvalue weighted by molar-refractivity contribution is 5.39. The Kier molecular flexibility index (Phi) is 6.44. The molecule has 2 aromatic carbocycles. The number of likely N-dealkylation sites (N-methyl/N-ethyl adjacent to an activating group) is 1. The molecule has 0 saturated carbocycles. The summed E-state index contributed by atoms with van der Waals surface area (Å²) in [5, 5.41) is 9.95. The van der Waals surface area contributed by atoms with Crippen molar-refractivity contribution in [1.82, 2.24) is 4.90 Å². The lowest BCUT2D eigenvalue weighted by Crippen LogP contribution is -2.30. The van der Waals surface area contributed by atoms with Gasteiger partial charge >= 0.3 is 0 Å². The van der Waals surface area contributed by atoms with Crippen LogP contribution in [0.3, 0.4) is 0 Å². The Bertz CT molecular complexity index is 613. The summed E-state index contributed by atoms with van der Waals surface area (Å²) in [5.41, 5.74) is 2.26. The van der Waals surface area contributed by atoms with Gasteiger partial charge in [0.05, 0.1) is 7.11 Å². The topological polar surface area (TPSA) is 41.9 Å². The fraction of sp³-hybridized carbons (Fsp3) is 0.368. The number of benzene rings is 2. The van der Waals surface area contributed by atoms with Gasteiger partial charge in [-0.05, 0) is 43.4 Å². The second-order valence-corrected chi connectivity index (χ2v) is 5.86. The number of aliphatic hydroxyl groups is 1. The molecular formula is C19H25NO3. The van der Waals surface area contributed by atoms with E-state index in [1.54, 1.807) is 7.11 Å². The highest BCUT2D eigenvalue weighted by atomic mass is 16.5. The molecule has 124 valence electrons. The molecule has 0 radical (unpaired) electrons. The minimum atomic E-state index is -0.505. The van der Waals surface area contributed by atoms with Crippen molar-refractivity contribution < 1.29 is 14.6 Å². The maximum atomic E-state index is 9.95. The molecule has 1 atom stereocenters. The molecule has 1 unspecified atom stereocenters. The van der Waals surface area contributed by atoms with Crippen molar-refractivity contribution in [2.24, 2.45) is 0 Å². The molecule has 0 aliphatic heterocycles. The predicted octanol–water partition coefficient (Wildman–Crippen LogP) is 2.59. The molecule has 0 aliphatic rings. The van der Waals surface area contributed by atoms with Crippen LogP contribution in [-0.2, 0) is 6.42 Å². The second kappa shape index (κ2) is 8.56. The van der Waals surface area contributed by atoms with Gasteiger partial charge in [-0.3, -0.25) is 0 Å². The van der Waals surface area contributed by atoms with Crippen molar-refractivity contribution in [3.05, 3.63) is 59.7 Å². The number of aliphatic hydroxyl groups excluding tert-OH is 1. The Balaban J connectivity index is 2.05. The largest absolute Gasteiger partial charge is 0.497 e. The van der Waals surface area contributed by atoms with Crippen LogP contribution >= 0.6 is 0 Å². The van der Waals surface area contributed by atoms with E-state index in [0.29, 0.717) is 6.54 Å². The van der Waals surface area contributed by atoms with Crippen molar-refractivity contribution in [1.29, 1.82) is 0 Å². The van der Waals surface area contributed by atoms with Crippen LogP contribution < -0.4 is 9.47 Å². The van der Waals surface area contributed by atoms with E-state index in [1.165, 1.54) is 0 Å². The van der Waals surface area contributed by atoms with Gasteiger partial charge in [0.25, 0.3) is 0 Å². The molecule has 0 aromatic heterocycles. The number of rotatable bonds is 8. The van der Waals surface area contributed by atoms with Crippen LogP contribution in [0.5, 0.6) is 11.5 Å². The smallest absolute Gasteiger partial charge is 0.122 e. The van der Waals surface area contributed by atoms with Crippen LogP contribution in [0.2, 0.25) is 0 Å². The average Bonchev–Trinajstić information content (AvgIpc) is 2.53. The summed E-state index contributed by atoms with van der Waals surface area (Å²) < 4.78 is 11.1. The molecule has 4 nitrogen and oxygen atoms in total. The first-order chi connectivity index (χ1) is 11.1. The molecule has 0 amide bonds. The van der Waals surface area contributed by atoms with Gasteiger partial charge in [-0.2, -0.15) is 0 Å². The maximum Gasteiger partial charge on any atom is 0.122 e. The fourth-order valence-electron chi connectivity index (χ4n) is 2.45. The Labute approximate surface area is 138 Å². The lowest BCUT2D eigenvalue weighted by Gasteiger charge is -2.18. The van der Waals surface area contributed by atoms with Crippen molar-refractivity contribution >= 4 is 0 Å². The van der Waals surface area contributed by atoms with Crippen LogP contribution in [0, 0.1) is 0 Å².